The molecule has 2 amide bonds. The van der Waals surface area contributed by atoms with Gasteiger partial charge in [-0.3, -0.25) is 9.59 Å². The van der Waals surface area contributed by atoms with Crippen molar-refractivity contribution < 1.29 is 14.0 Å². The van der Waals surface area contributed by atoms with E-state index in [1.807, 2.05) is 19.1 Å². The lowest BCUT2D eigenvalue weighted by atomic mass is 10.1. The van der Waals surface area contributed by atoms with E-state index >= 15 is 0 Å². The van der Waals surface area contributed by atoms with Crippen LogP contribution in [0.15, 0.2) is 48.5 Å². The van der Waals surface area contributed by atoms with Gasteiger partial charge in [0.05, 0.1) is 0 Å². The molecule has 0 saturated carbocycles. The predicted molar refractivity (Wildman–Crippen MR) is 87.9 cm³/mol. The summed E-state index contributed by atoms with van der Waals surface area (Å²) in [6.07, 6.45) is 0. The molecule has 0 unspecified atom stereocenters. The molecular formula is C18H19FN2O2. The van der Waals surface area contributed by atoms with Crippen LogP contribution in [0.2, 0.25) is 0 Å². The molecule has 120 valence electrons. The summed E-state index contributed by atoms with van der Waals surface area (Å²) < 4.78 is 13.0. The number of anilines is 1. The number of halogens is 1. The van der Waals surface area contributed by atoms with Gasteiger partial charge in [-0.25, -0.2) is 4.39 Å². The molecule has 0 fully saturated rings. The van der Waals surface area contributed by atoms with Crippen LogP contribution < -0.4 is 10.2 Å². The lowest BCUT2D eigenvalue weighted by Gasteiger charge is -2.21. The van der Waals surface area contributed by atoms with Crippen molar-refractivity contribution in [2.24, 2.45) is 0 Å². The first-order valence-corrected chi connectivity index (χ1v) is 7.36. The first-order valence-electron chi connectivity index (χ1n) is 7.36. The number of amides is 2. The molecule has 0 aliphatic carbocycles. The van der Waals surface area contributed by atoms with E-state index in [1.165, 1.54) is 24.0 Å². The maximum Gasteiger partial charge on any atom is 0.251 e. The Hall–Kier alpha value is -2.69. The Kier molecular flexibility index (Phi) is 5.46. The third-order valence-corrected chi connectivity index (χ3v) is 3.45. The number of nitrogens with zero attached hydrogens (tertiary/aromatic N) is 1. The highest BCUT2D eigenvalue weighted by Gasteiger charge is 2.12. The van der Waals surface area contributed by atoms with Gasteiger partial charge in [-0.1, -0.05) is 17.7 Å². The molecule has 0 atom stereocenters. The Balaban J connectivity index is 1.94. The summed E-state index contributed by atoms with van der Waals surface area (Å²) in [5.41, 5.74) is 2.26. The number of nitrogens with one attached hydrogen (secondary N) is 1. The molecule has 0 spiro atoms. The van der Waals surface area contributed by atoms with Crippen LogP contribution >= 0.6 is 0 Å². The van der Waals surface area contributed by atoms with Crippen molar-refractivity contribution in [2.45, 2.75) is 13.8 Å². The molecule has 0 heterocycles. The summed E-state index contributed by atoms with van der Waals surface area (Å²) >= 11 is 0. The summed E-state index contributed by atoms with van der Waals surface area (Å²) in [6.45, 7) is 4.02. The molecule has 2 aromatic rings. The quantitative estimate of drug-likeness (QED) is 0.922. The predicted octanol–water partition coefficient (Wildman–Crippen LogP) is 2.92. The minimum Gasteiger partial charge on any atom is -0.350 e. The summed E-state index contributed by atoms with van der Waals surface area (Å²) in [4.78, 5) is 25.3. The zero-order valence-electron chi connectivity index (χ0n) is 13.2. The highest BCUT2D eigenvalue weighted by Crippen LogP contribution is 2.14. The van der Waals surface area contributed by atoms with Crippen molar-refractivity contribution in [1.82, 2.24) is 5.32 Å². The van der Waals surface area contributed by atoms with Gasteiger partial charge in [-0.05, 0) is 43.3 Å². The highest BCUT2D eigenvalue weighted by molar-refractivity contribution is 5.94. The van der Waals surface area contributed by atoms with Gasteiger partial charge in [-0.2, -0.15) is 0 Å². The van der Waals surface area contributed by atoms with E-state index in [0.717, 1.165) is 5.56 Å². The van der Waals surface area contributed by atoms with Gasteiger partial charge >= 0.3 is 0 Å². The normalized spacial score (nSPS) is 10.2. The second-order valence-electron chi connectivity index (χ2n) is 5.27. The summed E-state index contributed by atoms with van der Waals surface area (Å²) in [5, 5.41) is 2.78. The molecule has 0 aliphatic rings. The molecule has 0 radical (unpaired) electrons. The standard InChI is InChI=1S/C18H19FN2O2/c1-13-3-5-15(6-4-13)18(23)20-11-12-21(14(2)22)17-9-7-16(19)8-10-17/h3-10H,11-12H2,1-2H3,(H,20,23). The highest BCUT2D eigenvalue weighted by atomic mass is 19.1. The smallest absolute Gasteiger partial charge is 0.251 e. The van der Waals surface area contributed by atoms with E-state index in [4.69, 9.17) is 0 Å². The van der Waals surface area contributed by atoms with Crippen LogP contribution in [-0.2, 0) is 4.79 Å². The fourth-order valence-corrected chi connectivity index (χ4v) is 2.18. The third kappa shape index (κ3) is 4.64. The van der Waals surface area contributed by atoms with Crippen LogP contribution in [0.3, 0.4) is 0 Å². The van der Waals surface area contributed by atoms with Crippen molar-refractivity contribution in [1.29, 1.82) is 0 Å². The number of benzene rings is 2. The Labute approximate surface area is 134 Å². The molecule has 23 heavy (non-hydrogen) atoms. The van der Waals surface area contributed by atoms with Crippen LogP contribution in [0.4, 0.5) is 10.1 Å². The van der Waals surface area contributed by atoms with E-state index in [2.05, 4.69) is 5.32 Å². The minimum atomic E-state index is -0.357. The number of hydrogen-bond acceptors (Lipinski definition) is 2. The fraction of sp³-hybridized carbons (Fsp3) is 0.222. The molecule has 4 nitrogen and oxygen atoms in total. The van der Waals surface area contributed by atoms with Gasteiger partial charge in [0, 0.05) is 31.3 Å². The van der Waals surface area contributed by atoms with Crippen molar-refractivity contribution in [3.8, 4) is 0 Å². The Morgan fingerprint density at radius 2 is 1.65 bits per heavy atom. The van der Waals surface area contributed by atoms with Crippen molar-refractivity contribution in [3.63, 3.8) is 0 Å². The second kappa shape index (κ2) is 7.54. The topological polar surface area (TPSA) is 49.4 Å². The largest absolute Gasteiger partial charge is 0.350 e. The lowest BCUT2D eigenvalue weighted by Crippen LogP contribution is -2.37. The molecule has 2 rings (SSSR count). The molecule has 1 N–H and O–H groups in total. The molecule has 0 aromatic heterocycles. The summed E-state index contributed by atoms with van der Waals surface area (Å²) in [5.74, 6) is -0.710. The van der Waals surface area contributed by atoms with Crippen LogP contribution in [0.25, 0.3) is 0 Å². The van der Waals surface area contributed by atoms with Gasteiger partial charge < -0.3 is 10.2 Å². The monoisotopic (exact) mass is 314 g/mol. The molecule has 0 bridgehead atoms. The van der Waals surface area contributed by atoms with Crippen LogP contribution in [-0.4, -0.2) is 24.9 Å². The number of rotatable bonds is 5. The second-order valence-corrected chi connectivity index (χ2v) is 5.27. The number of aryl methyl sites for hydroxylation is 1. The summed E-state index contributed by atoms with van der Waals surface area (Å²) in [6, 6.07) is 12.9. The van der Waals surface area contributed by atoms with E-state index < -0.39 is 0 Å². The molecule has 0 saturated heterocycles. The number of carbonyl (C=O) groups excluding carboxylic acids is 2. The molecular weight excluding hydrogens is 295 g/mol. The fourth-order valence-electron chi connectivity index (χ4n) is 2.18. The van der Waals surface area contributed by atoms with Gasteiger partial charge in [0.25, 0.3) is 5.91 Å². The SMILES string of the molecule is CC(=O)N(CCNC(=O)c1ccc(C)cc1)c1ccc(F)cc1. The molecule has 5 heteroatoms. The Morgan fingerprint density at radius 1 is 1.04 bits per heavy atom. The zero-order valence-corrected chi connectivity index (χ0v) is 13.2. The Morgan fingerprint density at radius 3 is 2.22 bits per heavy atom. The van der Waals surface area contributed by atoms with Crippen molar-refractivity contribution in [3.05, 3.63) is 65.5 Å². The third-order valence-electron chi connectivity index (χ3n) is 3.45. The molecule has 2 aromatic carbocycles. The van der Waals surface area contributed by atoms with Gasteiger partial charge in [-0.15, -0.1) is 0 Å². The summed E-state index contributed by atoms with van der Waals surface area (Å²) in [7, 11) is 0. The maximum atomic E-state index is 13.0. The van der Waals surface area contributed by atoms with E-state index in [1.54, 1.807) is 24.3 Å². The van der Waals surface area contributed by atoms with E-state index in [-0.39, 0.29) is 17.6 Å². The van der Waals surface area contributed by atoms with Gasteiger partial charge in [0.1, 0.15) is 5.82 Å². The zero-order chi connectivity index (χ0) is 16.8. The van der Waals surface area contributed by atoms with Crippen LogP contribution in [0.1, 0.15) is 22.8 Å². The van der Waals surface area contributed by atoms with Gasteiger partial charge in [0.2, 0.25) is 5.91 Å². The minimum absolute atomic E-state index is 0.166. The lowest BCUT2D eigenvalue weighted by molar-refractivity contribution is -0.116. The van der Waals surface area contributed by atoms with Crippen molar-refractivity contribution >= 4 is 17.5 Å². The average molecular weight is 314 g/mol. The van der Waals surface area contributed by atoms with E-state index in [0.29, 0.717) is 24.3 Å². The first-order chi connectivity index (χ1) is 11.0. The molecule has 0 aliphatic heterocycles. The average Bonchev–Trinajstić information content (AvgIpc) is 2.53. The van der Waals surface area contributed by atoms with E-state index in [9.17, 15) is 14.0 Å². The van der Waals surface area contributed by atoms with Crippen molar-refractivity contribution in [2.75, 3.05) is 18.0 Å². The Bertz CT molecular complexity index is 681. The van der Waals surface area contributed by atoms with Crippen LogP contribution in [0, 0.1) is 12.7 Å². The van der Waals surface area contributed by atoms with Gasteiger partial charge in [0.15, 0.2) is 0 Å². The number of carbonyl (C=O) groups is 2. The number of hydrogen-bond donors (Lipinski definition) is 1. The maximum absolute atomic E-state index is 13.0. The first kappa shape index (κ1) is 16.7. The van der Waals surface area contributed by atoms with Crippen LogP contribution in [0.5, 0.6) is 0 Å².